The van der Waals surface area contributed by atoms with Crippen molar-refractivity contribution in [2.24, 2.45) is 7.05 Å². The normalized spacial score (nSPS) is 17.9. The van der Waals surface area contributed by atoms with Crippen molar-refractivity contribution in [3.05, 3.63) is 77.1 Å². The van der Waals surface area contributed by atoms with Crippen molar-refractivity contribution < 1.29 is 18.8 Å². The van der Waals surface area contributed by atoms with Crippen LogP contribution < -0.4 is 10.6 Å². The molecule has 2 heterocycles. The fourth-order valence-electron chi connectivity index (χ4n) is 4.71. The Bertz CT molecular complexity index is 1310. The Kier molecular flexibility index (Phi) is 8.19. The highest BCUT2D eigenvalue weighted by atomic mass is 19.1. The number of nitrogens with one attached hydrogen (secondary N) is 2. The lowest BCUT2D eigenvalue weighted by Crippen LogP contribution is -2.47. The highest BCUT2D eigenvalue weighted by molar-refractivity contribution is 5.90. The number of nitrogens with zero attached hydrogens (tertiary/aromatic N) is 4. The monoisotopic (exact) mass is 520 g/mol. The van der Waals surface area contributed by atoms with E-state index in [1.807, 2.05) is 30.3 Å². The topological polar surface area (TPSA) is 109 Å². The number of carbonyl (C=O) groups excluding carboxylic acids is 3. The average Bonchev–Trinajstić information content (AvgIpc) is 3.47. The summed E-state index contributed by atoms with van der Waals surface area (Å²) >= 11 is 0. The summed E-state index contributed by atoms with van der Waals surface area (Å²) in [6, 6.07) is 13.6. The van der Waals surface area contributed by atoms with Gasteiger partial charge in [-0.1, -0.05) is 55.5 Å². The second kappa shape index (κ2) is 11.5. The second-order valence-corrected chi connectivity index (χ2v) is 10.0. The van der Waals surface area contributed by atoms with Gasteiger partial charge in [0.05, 0.1) is 24.7 Å². The van der Waals surface area contributed by atoms with E-state index in [0.29, 0.717) is 17.3 Å². The number of aryl methyl sites for hydroxylation is 1. The van der Waals surface area contributed by atoms with Crippen molar-refractivity contribution in [1.29, 1.82) is 0 Å². The first-order valence-corrected chi connectivity index (χ1v) is 12.7. The quantitative estimate of drug-likeness (QED) is 0.474. The second-order valence-electron chi connectivity index (χ2n) is 10.0. The van der Waals surface area contributed by atoms with Crippen molar-refractivity contribution in [3.63, 3.8) is 0 Å². The molecular formula is C28H33FN6O3. The van der Waals surface area contributed by atoms with Crippen molar-refractivity contribution in [2.45, 2.75) is 57.8 Å². The van der Waals surface area contributed by atoms with E-state index in [9.17, 15) is 18.8 Å². The first-order valence-electron chi connectivity index (χ1n) is 12.7. The largest absolute Gasteiger partial charge is 0.343 e. The summed E-state index contributed by atoms with van der Waals surface area (Å²) in [5, 5.41) is 13.6. The summed E-state index contributed by atoms with van der Waals surface area (Å²) in [6.07, 6.45) is 0.171. The fraction of sp³-hybridized carbons (Fsp3) is 0.393. The molecule has 200 valence electrons. The zero-order valence-corrected chi connectivity index (χ0v) is 22.0. The molecule has 0 bridgehead atoms. The van der Waals surface area contributed by atoms with Crippen LogP contribution in [0.15, 0.2) is 54.7 Å². The van der Waals surface area contributed by atoms with Gasteiger partial charge < -0.3 is 15.5 Å². The Morgan fingerprint density at radius 2 is 1.79 bits per heavy atom. The van der Waals surface area contributed by atoms with Crippen LogP contribution in [0, 0.1) is 0 Å². The highest BCUT2D eigenvalue weighted by Gasteiger charge is 2.40. The molecule has 3 aromatic rings. The van der Waals surface area contributed by atoms with E-state index in [1.54, 1.807) is 31.4 Å². The van der Waals surface area contributed by atoms with E-state index in [0.717, 1.165) is 16.7 Å². The molecular weight excluding hydrogens is 487 g/mol. The molecule has 4 rings (SSSR count). The number of hydrogen-bond donors (Lipinski definition) is 2. The first-order chi connectivity index (χ1) is 18.1. The Balaban J connectivity index is 1.60. The third-order valence-electron chi connectivity index (χ3n) is 6.62. The summed E-state index contributed by atoms with van der Waals surface area (Å²) in [7, 11) is 1.69. The summed E-state index contributed by atoms with van der Waals surface area (Å²) in [5.74, 6) is -0.688. The Morgan fingerprint density at radius 3 is 2.42 bits per heavy atom. The maximum absolute atomic E-state index is 14.5. The maximum atomic E-state index is 14.5. The predicted molar refractivity (Wildman–Crippen MR) is 141 cm³/mol. The highest BCUT2D eigenvalue weighted by Crippen LogP contribution is 2.28. The van der Waals surface area contributed by atoms with Gasteiger partial charge in [-0.05, 0) is 34.7 Å². The van der Waals surface area contributed by atoms with Crippen LogP contribution in [-0.2, 0) is 27.9 Å². The molecule has 9 nitrogen and oxygen atoms in total. The van der Waals surface area contributed by atoms with Crippen LogP contribution in [-0.4, -0.2) is 56.4 Å². The van der Waals surface area contributed by atoms with Gasteiger partial charge in [0.15, 0.2) is 0 Å². The zero-order valence-electron chi connectivity index (χ0n) is 22.0. The number of aromatic nitrogens is 3. The molecule has 38 heavy (non-hydrogen) atoms. The molecule has 1 fully saturated rings. The number of hydrogen-bond acceptors (Lipinski definition) is 5. The minimum absolute atomic E-state index is 0.0663. The standard InChI is InChI=1S/C28H33FN6O3/c1-17(2)19-8-10-20(11-9-19)27(21-6-5-7-23(12-21)30-18(3)36)31-28(38)25-13-22(29)15-35(25)26(37)14-24-16-34(4)33-32-24/h5-12,16-17,22,25,27H,13-15H2,1-4H3,(H,30,36)(H,31,38). The lowest BCUT2D eigenvalue weighted by atomic mass is 9.94. The number of anilines is 1. The SMILES string of the molecule is CC(=O)Nc1cccc(C(NC(=O)C2CC(F)CN2C(=O)Cc2cn(C)nn2)c2ccc(C(C)C)cc2)c1. The van der Waals surface area contributed by atoms with Gasteiger partial charge in [0.2, 0.25) is 17.7 Å². The molecule has 3 amide bonds. The van der Waals surface area contributed by atoms with E-state index >= 15 is 0 Å². The average molecular weight is 521 g/mol. The molecule has 0 aliphatic carbocycles. The number of amides is 3. The Hall–Kier alpha value is -4.08. The molecule has 0 saturated carbocycles. The van der Waals surface area contributed by atoms with E-state index < -0.39 is 24.2 Å². The van der Waals surface area contributed by atoms with Crippen LogP contribution in [0.5, 0.6) is 0 Å². The molecule has 0 radical (unpaired) electrons. The van der Waals surface area contributed by atoms with Crippen LogP contribution in [0.25, 0.3) is 0 Å². The van der Waals surface area contributed by atoms with E-state index in [-0.39, 0.29) is 31.2 Å². The number of benzene rings is 2. The molecule has 0 spiro atoms. The van der Waals surface area contributed by atoms with Gasteiger partial charge in [0.25, 0.3) is 0 Å². The fourth-order valence-corrected chi connectivity index (χ4v) is 4.71. The van der Waals surface area contributed by atoms with Crippen molar-refractivity contribution in [2.75, 3.05) is 11.9 Å². The van der Waals surface area contributed by atoms with Gasteiger partial charge in [0.1, 0.15) is 12.2 Å². The number of halogens is 1. The van der Waals surface area contributed by atoms with E-state index in [2.05, 4.69) is 34.8 Å². The van der Waals surface area contributed by atoms with Gasteiger partial charge in [-0.2, -0.15) is 0 Å². The summed E-state index contributed by atoms with van der Waals surface area (Å²) in [5.41, 5.74) is 3.78. The summed E-state index contributed by atoms with van der Waals surface area (Å²) in [4.78, 5) is 39.5. The van der Waals surface area contributed by atoms with Gasteiger partial charge in [-0.15, -0.1) is 5.10 Å². The summed E-state index contributed by atoms with van der Waals surface area (Å²) < 4.78 is 16.0. The molecule has 1 saturated heterocycles. The van der Waals surface area contributed by atoms with Crippen molar-refractivity contribution in [3.8, 4) is 0 Å². The molecule has 2 aromatic carbocycles. The van der Waals surface area contributed by atoms with Gasteiger partial charge in [0, 0.05) is 32.3 Å². The maximum Gasteiger partial charge on any atom is 0.243 e. The van der Waals surface area contributed by atoms with Crippen molar-refractivity contribution in [1.82, 2.24) is 25.2 Å². The number of rotatable bonds is 8. The Labute approximate surface area is 221 Å². The van der Waals surface area contributed by atoms with Crippen LogP contribution in [0.3, 0.4) is 0 Å². The smallest absolute Gasteiger partial charge is 0.243 e. The number of alkyl halides is 1. The molecule has 1 aromatic heterocycles. The van der Waals surface area contributed by atoms with Crippen LogP contribution in [0.1, 0.15) is 61.5 Å². The van der Waals surface area contributed by atoms with Gasteiger partial charge in [-0.25, -0.2) is 4.39 Å². The van der Waals surface area contributed by atoms with Crippen LogP contribution in [0.4, 0.5) is 10.1 Å². The van der Waals surface area contributed by atoms with Gasteiger partial charge >= 0.3 is 0 Å². The molecule has 1 aliphatic heterocycles. The van der Waals surface area contributed by atoms with Crippen LogP contribution >= 0.6 is 0 Å². The molecule has 2 N–H and O–H groups in total. The molecule has 10 heteroatoms. The third kappa shape index (κ3) is 6.42. The first kappa shape index (κ1) is 27.0. The minimum atomic E-state index is -1.30. The lowest BCUT2D eigenvalue weighted by Gasteiger charge is -2.27. The summed E-state index contributed by atoms with van der Waals surface area (Å²) in [6.45, 7) is 5.48. The lowest BCUT2D eigenvalue weighted by molar-refractivity contribution is -0.138. The Morgan fingerprint density at radius 1 is 1.08 bits per heavy atom. The third-order valence-corrected chi connectivity index (χ3v) is 6.62. The molecule has 3 atom stereocenters. The predicted octanol–water partition coefficient (Wildman–Crippen LogP) is 3.28. The number of carbonyl (C=O) groups is 3. The van der Waals surface area contributed by atoms with E-state index in [4.69, 9.17) is 0 Å². The molecule has 3 unspecified atom stereocenters. The zero-order chi connectivity index (χ0) is 27.4. The van der Waals surface area contributed by atoms with Crippen LogP contribution in [0.2, 0.25) is 0 Å². The van der Waals surface area contributed by atoms with Gasteiger partial charge in [-0.3, -0.25) is 19.1 Å². The van der Waals surface area contributed by atoms with Crippen molar-refractivity contribution >= 4 is 23.4 Å². The minimum Gasteiger partial charge on any atom is -0.343 e. The molecule has 1 aliphatic rings. The number of likely N-dealkylation sites (tertiary alicyclic amines) is 1. The van der Waals surface area contributed by atoms with E-state index in [1.165, 1.54) is 16.5 Å².